The van der Waals surface area contributed by atoms with Crippen LogP contribution in [0.25, 0.3) is 0 Å². The molecule has 5 unspecified atom stereocenters. The van der Waals surface area contributed by atoms with Crippen molar-refractivity contribution in [3.63, 3.8) is 0 Å². The number of hydrogen-bond donors (Lipinski definition) is 2. The predicted molar refractivity (Wildman–Crippen MR) is 79.1 cm³/mol. The summed E-state index contributed by atoms with van der Waals surface area (Å²) < 4.78 is 0. The summed E-state index contributed by atoms with van der Waals surface area (Å²) in [5.74, 6) is 0.200. The van der Waals surface area contributed by atoms with Crippen molar-refractivity contribution in [3.05, 3.63) is 0 Å². The van der Waals surface area contributed by atoms with E-state index in [0.29, 0.717) is 23.9 Å². The molecule has 19 heavy (non-hydrogen) atoms. The maximum atomic E-state index is 11.4. The van der Waals surface area contributed by atoms with Gasteiger partial charge in [-0.2, -0.15) is 0 Å². The summed E-state index contributed by atoms with van der Waals surface area (Å²) >= 11 is 0. The van der Waals surface area contributed by atoms with Gasteiger partial charge in [0.1, 0.15) is 0 Å². The van der Waals surface area contributed by atoms with Crippen LogP contribution in [0.4, 0.5) is 0 Å². The van der Waals surface area contributed by atoms with E-state index in [1.54, 1.807) is 0 Å². The lowest BCUT2D eigenvalue weighted by atomic mass is 9.61. The van der Waals surface area contributed by atoms with Crippen molar-refractivity contribution in [3.8, 4) is 0 Å². The minimum absolute atomic E-state index is 0.142. The molecule has 0 bridgehead atoms. The molecule has 0 amide bonds. The number of rotatable bonds is 5. The lowest BCUT2D eigenvalue weighted by molar-refractivity contribution is -0.150. The van der Waals surface area contributed by atoms with Gasteiger partial charge in [0, 0.05) is 12.1 Å². The highest BCUT2D eigenvalue weighted by Gasteiger charge is 2.46. The molecule has 0 aromatic heterocycles. The van der Waals surface area contributed by atoms with Crippen LogP contribution in [0.3, 0.4) is 0 Å². The highest BCUT2D eigenvalue weighted by Crippen LogP contribution is 2.45. The van der Waals surface area contributed by atoms with Gasteiger partial charge in [-0.25, -0.2) is 0 Å². The zero-order chi connectivity index (χ0) is 14.8. The third-order valence-corrected chi connectivity index (χ3v) is 5.71. The number of aliphatic carboxylic acids is 1. The Balaban J connectivity index is 2.72. The molecule has 0 spiro atoms. The van der Waals surface area contributed by atoms with E-state index in [1.807, 2.05) is 0 Å². The molecular formula is C16H31NO2. The quantitative estimate of drug-likeness (QED) is 0.802. The molecule has 0 saturated heterocycles. The molecular weight excluding hydrogens is 238 g/mol. The highest BCUT2D eigenvalue weighted by molar-refractivity contribution is 5.71. The number of carbonyl (C=O) groups is 1. The third-order valence-electron chi connectivity index (χ3n) is 5.71. The van der Waals surface area contributed by atoms with E-state index in [0.717, 1.165) is 12.8 Å². The summed E-state index contributed by atoms with van der Waals surface area (Å²) in [5, 5.41) is 13.1. The molecule has 1 aliphatic rings. The molecule has 3 nitrogen and oxygen atoms in total. The van der Waals surface area contributed by atoms with Crippen molar-refractivity contribution in [2.75, 3.05) is 0 Å². The van der Waals surface area contributed by atoms with Gasteiger partial charge >= 0.3 is 5.97 Å². The van der Waals surface area contributed by atoms with Gasteiger partial charge in [0.15, 0.2) is 0 Å². The Morgan fingerprint density at radius 2 is 1.95 bits per heavy atom. The summed E-state index contributed by atoms with van der Waals surface area (Å²) in [5.41, 5.74) is -0.142. The van der Waals surface area contributed by atoms with Crippen LogP contribution in [0.2, 0.25) is 0 Å². The zero-order valence-corrected chi connectivity index (χ0v) is 13.4. The van der Waals surface area contributed by atoms with Gasteiger partial charge in [-0.15, -0.1) is 0 Å². The molecule has 3 heteroatoms. The topological polar surface area (TPSA) is 49.3 Å². The van der Waals surface area contributed by atoms with Crippen LogP contribution in [0.5, 0.6) is 0 Å². The zero-order valence-electron chi connectivity index (χ0n) is 13.4. The van der Waals surface area contributed by atoms with Gasteiger partial charge in [-0.3, -0.25) is 4.79 Å². The Kier molecular flexibility index (Phi) is 5.43. The normalized spacial score (nSPS) is 33.7. The van der Waals surface area contributed by atoms with E-state index in [1.165, 1.54) is 6.42 Å². The molecule has 0 aromatic carbocycles. The largest absolute Gasteiger partial charge is 0.481 e. The van der Waals surface area contributed by atoms with Crippen molar-refractivity contribution in [1.82, 2.24) is 5.32 Å². The predicted octanol–water partition coefficient (Wildman–Crippen LogP) is 3.54. The number of carboxylic acid groups (broad SMARTS) is 1. The van der Waals surface area contributed by atoms with Crippen LogP contribution in [0.1, 0.15) is 60.8 Å². The second kappa shape index (κ2) is 6.25. The van der Waals surface area contributed by atoms with Crippen LogP contribution in [-0.4, -0.2) is 23.2 Å². The van der Waals surface area contributed by atoms with Gasteiger partial charge < -0.3 is 10.4 Å². The fourth-order valence-corrected chi connectivity index (χ4v) is 3.33. The van der Waals surface area contributed by atoms with E-state index >= 15 is 0 Å². The molecule has 0 aliphatic heterocycles. The van der Waals surface area contributed by atoms with Crippen LogP contribution in [-0.2, 0) is 4.79 Å². The summed E-state index contributed by atoms with van der Waals surface area (Å²) in [7, 11) is 0. The molecule has 112 valence electrons. The number of nitrogens with one attached hydrogen (secondary N) is 1. The van der Waals surface area contributed by atoms with Gasteiger partial charge in [0.05, 0.1) is 5.92 Å². The molecule has 0 radical (unpaired) electrons. The van der Waals surface area contributed by atoms with E-state index in [2.05, 4.69) is 46.9 Å². The smallest absolute Gasteiger partial charge is 0.307 e. The summed E-state index contributed by atoms with van der Waals surface area (Å²) in [4.78, 5) is 11.4. The van der Waals surface area contributed by atoms with Crippen LogP contribution < -0.4 is 5.32 Å². The maximum absolute atomic E-state index is 11.4. The second-order valence-electron chi connectivity index (χ2n) is 7.03. The molecule has 0 aromatic rings. The first kappa shape index (κ1) is 16.5. The molecule has 2 N–H and O–H groups in total. The van der Waals surface area contributed by atoms with Gasteiger partial charge in [0.25, 0.3) is 0 Å². The average molecular weight is 269 g/mol. The summed E-state index contributed by atoms with van der Waals surface area (Å²) in [6.07, 6.45) is 2.94. The molecule has 1 fully saturated rings. The van der Waals surface area contributed by atoms with E-state index < -0.39 is 5.97 Å². The Bertz CT molecular complexity index is 314. The maximum Gasteiger partial charge on any atom is 0.307 e. The SMILES string of the molecule is CCC(C)C(C)NC1CCC(C(=O)O)C(C)(C)C1C. The Morgan fingerprint density at radius 1 is 1.37 bits per heavy atom. The summed E-state index contributed by atoms with van der Waals surface area (Å²) in [6.45, 7) is 13.2. The van der Waals surface area contributed by atoms with Crippen molar-refractivity contribution < 1.29 is 9.90 Å². The van der Waals surface area contributed by atoms with Crippen LogP contribution >= 0.6 is 0 Å². The first-order chi connectivity index (χ1) is 8.71. The molecule has 1 saturated carbocycles. The van der Waals surface area contributed by atoms with Crippen LogP contribution in [0.15, 0.2) is 0 Å². The molecule has 0 heterocycles. The third kappa shape index (κ3) is 3.50. The Morgan fingerprint density at radius 3 is 2.42 bits per heavy atom. The lowest BCUT2D eigenvalue weighted by Crippen LogP contribution is -2.53. The second-order valence-corrected chi connectivity index (χ2v) is 7.03. The molecule has 1 rings (SSSR count). The van der Waals surface area contributed by atoms with E-state index in [-0.39, 0.29) is 11.3 Å². The fraction of sp³-hybridized carbons (Fsp3) is 0.938. The van der Waals surface area contributed by atoms with E-state index in [9.17, 15) is 9.90 Å². The average Bonchev–Trinajstić information content (AvgIpc) is 2.33. The lowest BCUT2D eigenvalue weighted by Gasteiger charge is -2.47. The van der Waals surface area contributed by atoms with Crippen molar-refractivity contribution in [1.29, 1.82) is 0 Å². The van der Waals surface area contributed by atoms with Crippen LogP contribution in [0, 0.1) is 23.2 Å². The minimum Gasteiger partial charge on any atom is -0.481 e. The van der Waals surface area contributed by atoms with Crippen molar-refractivity contribution in [2.24, 2.45) is 23.2 Å². The monoisotopic (exact) mass is 269 g/mol. The minimum atomic E-state index is -0.634. The van der Waals surface area contributed by atoms with Gasteiger partial charge in [-0.05, 0) is 37.0 Å². The number of hydrogen-bond acceptors (Lipinski definition) is 2. The highest BCUT2D eigenvalue weighted by atomic mass is 16.4. The van der Waals surface area contributed by atoms with Crippen molar-refractivity contribution in [2.45, 2.75) is 72.9 Å². The van der Waals surface area contributed by atoms with Gasteiger partial charge in [0.2, 0.25) is 0 Å². The standard InChI is InChI=1S/C16H31NO2/c1-7-10(2)12(4)17-14-9-8-13(15(18)19)16(5,6)11(14)3/h10-14,17H,7-9H2,1-6H3,(H,18,19). The first-order valence-electron chi connectivity index (χ1n) is 7.70. The first-order valence-corrected chi connectivity index (χ1v) is 7.70. The van der Waals surface area contributed by atoms with Gasteiger partial charge in [-0.1, -0.05) is 41.0 Å². The summed E-state index contributed by atoms with van der Waals surface area (Å²) in [6, 6.07) is 0.934. The Hall–Kier alpha value is -0.570. The Labute approximate surface area is 118 Å². The van der Waals surface area contributed by atoms with E-state index in [4.69, 9.17) is 0 Å². The van der Waals surface area contributed by atoms with Crippen molar-refractivity contribution >= 4 is 5.97 Å². The fourth-order valence-electron chi connectivity index (χ4n) is 3.33. The molecule has 1 aliphatic carbocycles. The number of carboxylic acids is 1. The molecule has 5 atom stereocenters.